The smallest absolute Gasteiger partial charge is 0.319 e. The molecular weight excluding hydrogens is 420 g/mol. The van der Waals surface area contributed by atoms with Crippen LogP contribution in [-0.4, -0.2) is 69.3 Å². The fourth-order valence-corrected chi connectivity index (χ4v) is 3.78. The van der Waals surface area contributed by atoms with Crippen LogP contribution in [-0.2, 0) is 4.79 Å². The number of rotatable bonds is 6. The van der Waals surface area contributed by atoms with Crippen molar-refractivity contribution in [3.8, 4) is 5.69 Å². The molecule has 1 atom stereocenters. The Kier molecular flexibility index (Phi) is 6.82. The number of aromatic nitrogens is 4. The Morgan fingerprint density at radius 2 is 1.55 bits per heavy atom. The van der Waals surface area contributed by atoms with Crippen molar-refractivity contribution in [1.29, 1.82) is 0 Å². The van der Waals surface area contributed by atoms with E-state index >= 15 is 0 Å². The predicted octanol–water partition coefficient (Wildman–Crippen LogP) is 2.16. The van der Waals surface area contributed by atoms with Gasteiger partial charge < -0.3 is 20.4 Å². The number of urea groups is 1. The molecule has 4 rings (SSSR count). The standard InChI is InChI=1S/C23H28N8O2/c1-17(2)20(25-22(33)24-18-9-5-3-6-10-18)21(32)29-13-15-30(16-14-29)23-26-27-28-31(23)19-11-7-4-8-12-19/h3-12,17,20H,13-16H2,1-2H3,(H2,24,25,33). The maximum Gasteiger partial charge on any atom is 0.319 e. The Hall–Kier alpha value is -3.95. The normalized spacial score (nSPS) is 14.8. The van der Waals surface area contributed by atoms with Gasteiger partial charge in [-0.15, -0.1) is 0 Å². The van der Waals surface area contributed by atoms with Crippen LogP contribution in [0.1, 0.15) is 13.8 Å². The molecule has 2 N–H and O–H groups in total. The van der Waals surface area contributed by atoms with Crippen LogP contribution in [0.4, 0.5) is 16.4 Å². The highest BCUT2D eigenvalue weighted by Gasteiger charge is 2.32. The van der Waals surface area contributed by atoms with Crippen molar-refractivity contribution in [2.45, 2.75) is 19.9 Å². The van der Waals surface area contributed by atoms with E-state index in [0.717, 1.165) is 5.69 Å². The van der Waals surface area contributed by atoms with Crippen LogP contribution in [0.3, 0.4) is 0 Å². The second-order valence-corrected chi connectivity index (χ2v) is 8.22. The van der Waals surface area contributed by atoms with E-state index in [9.17, 15) is 9.59 Å². The van der Waals surface area contributed by atoms with E-state index in [2.05, 4.69) is 31.1 Å². The number of para-hydroxylation sites is 2. The predicted molar refractivity (Wildman–Crippen MR) is 125 cm³/mol. The minimum absolute atomic E-state index is 0.0533. The molecule has 1 aliphatic heterocycles. The summed E-state index contributed by atoms with van der Waals surface area (Å²) in [7, 11) is 0. The molecule has 0 radical (unpaired) electrons. The van der Waals surface area contributed by atoms with Gasteiger partial charge in [0.25, 0.3) is 0 Å². The second-order valence-electron chi connectivity index (χ2n) is 8.22. The van der Waals surface area contributed by atoms with Crippen molar-refractivity contribution in [2.75, 3.05) is 36.4 Å². The number of hydrogen-bond donors (Lipinski definition) is 2. The highest BCUT2D eigenvalue weighted by Crippen LogP contribution is 2.18. The summed E-state index contributed by atoms with van der Waals surface area (Å²) in [5.74, 6) is 0.506. The molecule has 33 heavy (non-hydrogen) atoms. The van der Waals surface area contributed by atoms with Gasteiger partial charge in [0.15, 0.2) is 0 Å². The lowest BCUT2D eigenvalue weighted by molar-refractivity contribution is -0.134. The minimum Gasteiger partial charge on any atom is -0.337 e. The first-order chi connectivity index (χ1) is 16.0. The molecule has 0 aliphatic carbocycles. The van der Waals surface area contributed by atoms with Crippen LogP contribution in [0.15, 0.2) is 60.7 Å². The average molecular weight is 449 g/mol. The molecule has 1 aromatic heterocycles. The highest BCUT2D eigenvalue weighted by molar-refractivity contribution is 5.93. The zero-order valence-corrected chi connectivity index (χ0v) is 18.8. The van der Waals surface area contributed by atoms with E-state index in [1.165, 1.54) is 0 Å². The van der Waals surface area contributed by atoms with Crippen molar-refractivity contribution in [2.24, 2.45) is 5.92 Å². The summed E-state index contributed by atoms with van der Waals surface area (Å²) in [6.07, 6.45) is 0. The molecule has 10 nitrogen and oxygen atoms in total. The van der Waals surface area contributed by atoms with Gasteiger partial charge >= 0.3 is 6.03 Å². The number of anilines is 2. The van der Waals surface area contributed by atoms with Gasteiger partial charge in [0.1, 0.15) is 6.04 Å². The van der Waals surface area contributed by atoms with Crippen molar-refractivity contribution in [3.05, 3.63) is 60.7 Å². The fourth-order valence-electron chi connectivity index (χ4n) is 3.78. The number of carbonyl (C=O) groups excluding carboxylic acids is 2. The number of amides is 3. The van der Waals surface area contributed by atoms with Crippen LogP contribution < -0.4 is 15.5 Å². The summed E-state index contributed by atoms with van der Waals surface area (Å²) < 4.78 is 1.70. The van der Waals surface area contributed by atoms with Crippen LogP contribution in [0, 0.1) is 5.92 Å². The number of carbonyl (C=O) groups is 2. The van der Waals surface area contributed by atoms with E-state index in [1.54, 1.807) is 21.7 Å². The van der Waals surface area contributed by atoms with Crippen LogP contribution in [0.2, 0.25) is 0 Å². The largest absolute Gasteiger partial charge is 0.337 e. The maximum atomic E-state index is 13.2. The molecule has 3 aromatic rings. The van der Waals surface area contributed by atoms with E-state index in [1.807, 2.05) is 62.4 Å². The van der Waals surface area contributed by atoms with E-state index in [-0.39, 0.29) is 11.8 Å². The van der Waals surface area contributed by atoms with E-state index in [0.29, 0.717) is 37.8 Å². The third kappa shape index (κ3) is 5.28. The Morgan fingerprint density at radius 1 is 0.909 bits per heavy atom. The first-order valence-corrected chi connectivity index (χ1v) is 11.0. The maximum absolute atomic E-state index is 13.2. The molecule has 172 valence electrons. The average Bonchev–Trinajstić information content (AvgIpc) is 3.33. The SMILES string of the molecule is CC(C)C(NC(=O)Nc1ccccc1)C(=O)N1CCN(c2nnnn2-c2ccccc2)CC1. The number of hydrogen-bond acceptors (Lipinski definition) is 6. The summed E-state index contributed by atoms with van der Waals surface area (Å²) >= 11 is 0. The number of tetrazole rings is 1. The molecule has 0 bridgehead atoms. The van der Waals surface area contributed by atoms with Crippen molar-refractivity contribution in [1.82, 2.24) is 30.4 Å². The van der Waals surface area contributed by atoms with Crippen LogP contribution in [0.5, 0.6) is 0 Å². The van der Waals surface area contributed by atoms with Crippen molar-refractivity contribution >= 4 is 23.6 Å². The Balaban J connectivity index is 1.37. The van der Waals surface area contributed by atoms with Gasteiger partial charge in [0.2, 0.25) is 11.9 Å². The zero-order chi connectivity index (χ0) is 23.2. The quantitative estimate of drug-likeness (QED) is 0.598. The number of nitrogens with one attached hydrogen (secondary N) is 2. The summed E-state index contributed by atoms with van der Waals surface area (Å²) in [6.45, 7) is 6.09. The van der Waals surface area contributed by atoms with E-state index < -0.39 is 12.1 Å². The van der Waals surface area contributed by atoms with Crippen LogP contribution >= 0.6 is 0 Å². The molecule has 0 saturated carbocycles. The molecule has 1 unspecified atom stereocenters. The Labute approximate surface area is 192 Å². The topological polar surface area (TPSA) is 108 Å². The molecule has 1 fully saturated rings. The monoisotopic (exact) mass is 448 g/mol. The molecule has 1 aliphatic rings. The molecular formula is C23H28N8O2. The van der Waals surface area contributed by atoms with Gasteiger partial charge in [-0.3, -0.25) is 4.79 Å². The molecule has 3 amide bonds. The summed E-state index contributed by atoms with van der Waals surface area (Å²) in [4.78, 5) is 29.6. The van der Waals surface area contributed by atoms with Crippen molar-refractivity contribution < 1.29 is 9.59 Å². The summed E-state index contributed by atoms with van der Waals surface area (Å²) in [5, 5.41) is 17.8. The molecule has 2 heterocycles. The number of nitrogens with zero attached hydrogens (tertiary/aromatic N) is 6. The molecule has 10 heteroatoms. The van der Waals surface area contributed by atoms with Crippen LogP contribution in [0.25, 0.3) is 5.69 Å². The van der Waals surface area contributed by atoms with Gasteiger partial charge in [0, 0.05) is 31.9 Å². The van der Waals surface area contributed by atoms with E-state index in [4.69, 9.17) is 0 Å². The lowest BCUT2D eigenvalue weighted by atomic mass is 10.0. The van der Waals surface area contributed by atoms with Gasteiger partial charge in [0.05, 0.1) is 5.69 Å². The Morgan fingerprint density at radius 3 is 2.18 bits per heavy atom. The third-order valence-corrected chi connectivity index (χ3v) is 5.58. The van der Waals surface area contributed by atoms with Gasteiger partial charge in [-0.1, -0.05) is 55.3 Å². The highest BCUT2D eigenvalue weighted by atomic mass is 16.2. The lowest BCUT2D eigenvalue weighted by Gasteiger charge is -2.37. The number of piperazine rings is 1. The third-order valence-electron chi connectivity index (χ3n) is 5.58. The van der Waals surface area contributed by atoms with Gasteiger partial charge in [-0.05, 0) is 40.6 Å². The molecule has 2 aromatic carbocycles. The van der Waals surface area contributed by atoms with Gasteiger partial charge in [-0.25, -0.2) is 4.79 Å². The van der Waals surface area contributed by atoms with Crippen molar-refractivity contribution in [3.63, 3.8) is 0 Å². The fraction of sp³-hybridized carbons (Fsp3) is 0.348. The lowest BCUT2D eigenvalue weighted by Crippen LogP contribution is -2.57. The molecule has 1 saturated heterocycles. The summed E-state index contributed by atoms with van der Waals surface area (Å²) in [6, 6.07) is 17.8. The number of benzene rings is 2. The Bertz CT molecular complexity index is 1060. The molecule has 0 spiro atoms. The minimum atomic E-state index is -0.616. The second kappa shape index (κ2) is 10.1. The summed E-state index contributed by atoms with van der Waals surface area (Å²) in [5.41, 5.74) is 1.55. The zero-order valence-electron chi connectivity index (χ0n) is 18.8. The first-order valence-electron chi connectivity index (χ1n) is 11.0. The first kappa shape index (κ1) is 22.3. The van der Waals surface area contributed by atoms with Gasteiger partial charge in [-0.2, -0.15) is 4.68 Å².